The van der Waals surface area contributed by atoms with Crippen LogP contribution in [0.4, 0.5) is 11.4 Å². The van der Waals surface area contributed by atoms with Gasteiger partial charge in [0.2, 0.25) is 17.7 Å². The molecule has 0 spiro atoms. The molecule has 4 atom stereocenters. The zero-order valence-electron chi connectivity index (χ0n) is 16.8. The van der Waals surface area contributed by atoms with Crippen LogP contribution in [-0.4, -0.2) is 30.2 Å². The van der Waals surface area contributed by atoms with Gasteiger partial charge in [0, 0.05) is 22.2 Å². The summed E-state index contributed by atoms with van der Waals surface area (Å²) in [6.07, 6.45) is -1.57. The molecule has 3 amide bonds. The van der Waals surface area contributed by atoms with Gasteiger partial charge in [0.05, 0.1) is 28.7 Å². The minimum Gasteiger partial charge on any atom is -0.352 e. The Hall–Kier alpha value is -2.52. The smallest absolute Gasteiger partial charge is 0.229 e. The number of fused-ring (bicyclic) bond motifs is 1. The van der Waals surface area contributed by atoms with E-state index in [4.69, 9.17) is 34.8 Å². The first-order chi connectivity index (χ1) is 15.2. The number of rotatable bonds is 4. The van der Waals surface area contributed by atoms with E-state index in [1.807, 2.05) is 6.92 Å². The van der Waals surface area contributed by atoms with Crippen molar-refractivity contribution in [2.45, 2.75) is 25.8 Å². The maximum Gasteiger partial charge on any atom is 0.229 e. The van der Waals surface area contributed by atoms with E-state index in [1.165, 1.54) is 0 Å². The highest BCUT2D eigenvalue weighted by Gasteiger charge is 2.48. The molecule has 5 N–H and O–H groups in total. The average Bonchev–Trinajstić information content (AvgIpc) is 2.72. The first-order valence-electron chi connectivity index (χ1n) is 9.85. The topological polar surface area (TPSA) is 111 Å². The molecule has 2 aromatic carbocycles. The van der Waals surface area contributed by atoms with Crippen LogP contribution >= 0.6 is 34.8 Å². The van der Waals surface area contributed by atoms with Gasteiger partial charge in [0.15, 0.2) is 6.29 Å². The molecular weight excluding hydrogens is 477 g/mol. The lowest BCUT2D eigenvalue weighted by atomic mass is 9.81. The highest BCUT2D eigenvalue weighted by molar-refractivity contribution is 6.36. The summed E-state index contributed by atoms with van der Waals surface area (Å²) in [6.45, 7) is 1.85. The Morgan fingerprint density at radius 2 is 1.81 bits per heavy atom. The van der Waals surface area contributed by atoms with E-state index in [0.717, 1.165) is 5.56 Å². The van der Waals surface area contributed by atoms with Gasteiger partial charge in [0.25, 0.3) is 0 Å². The number of carbonyl (C=O) groups is 3. The molecule has 2 saturated heterocycles. The van der Waals surface area contributed by atoms with Gasteiger partial charge in [-0.15, -0.1) is 0 Å². The number of aryl methyl sites for hydroxylation is 1. The van der Waals surface area contributed by atoms with Gasteiger partial charge in [-0.1, -0.05) is 40.9 Å². The third-order valence-electron chi connectivity index (χ3n) is 5.46. The zero-order valence-corrected chi connectivity index (χ0v) is 19.1. The van der Waals surface area contributed by atoms with Crippen molar-refractivity contribution >= 4 is 63.9 Å². The fraction of sp³-hybridized carbons (Fsp3) is 0.286. The molecule has 2 fully saturated rings. The Morgan fingerprint density at radius 3 is 2.53 bits per heavy atom. The third-order valence-corrected chi connectivity index (χ3v) is 6.41. The van der Waals surface area contributed by atoms with Crippen molar-refractivity contribution in [1.29, 1.82) is 0 Å². The molecule has 0 aliphatic carbocycles. The molecule has 0 radical (unpaired) electrons. The van der Waals surface area contributed by atoms with Crippen LogP contribution in [0.15, 0.2) is 36.4 Å². The van der Waals surface area contributed by atoms with E-state index < -0.39 is 30.2 Å². The Balaban J connectivity index is 1.49. The Morgan fingerprint density at radius 1 is 1.03 bits per heavy atom. The molecule has 8 nitrogen and oxygen atoms in total. The number of hydrogen-bond donors (Lipinski definition) is 5. The van der Waals surface area contributed by atoms with Crippen molar-refractivity contribution in [1.82, 2.24) is 16.0 Å². The second-order valence-electron chi connectivity index (χ2n) is 7.71. The van der Waals surface area contributed by atoms with Crippen LogP contribution in [0.1, 0.15) is 12.0 Å². The summed E-state index contributed by atoms with van der Waals surface area (Å²) in [6, 6.07) is 10.0. The van der Waals surface area contributed by atoms with Gasteiger partial charge >= 0.3 is 0 Å². The summed E-state index contributed by atoms with van der Waals surface area (Å²) in [5.74, 6) is -2.80. The summed E-state index contributed by atoms with van der Waals surface area (Å²) in [5, 5.41) is 15.8. The molecule has 168 valence electrons. The van der Waals surface area contributed by atoms with Crippen LogP contribution in [0.25, 0.3) is 0 Å². The molecule has 2 heterocycles. The number of nitrogens with one attached hydrogen (secondary N) is 5. The van der Waals surface area contributed by atoms with E-state index in [9.17, 15) is 14.4 Å². The summed E-state index contributed by atoms with van der Waals surface area (Å²) < 4.78 is 0. The molecule has 2 aliphatic rings. The molecule has 4 unspecified atom stereocenters. The van der Waals surface area contributed by atoms with Crippen molar-refractivity contribution in [3.05, 3.63) is 57.0 Å². The van der Waals surface area contributed by atoms with Crippen LogP contribution in [0.5, 0.6) is 0 Å². The molecule has 0 aromatic heterocycles. The second kappa shape index (κ2) is 9.15. The molecular formula is C21H20Cl3N5O3. The number of halogens is 3. The van der Waals surface area contributed by atoms with Crippen LogP contribution < -0.4 is 26.6 Å². The fourth-order valence-corrected chi connectivity index (χ4v) is 4.47. The quantitative estimate of drug-likeness (QED) is 0.447. The Labute approximate surface area is 199 Å². The molecule has 0 saturated carbocycles. The minimum atomic E-state index is -0.860. The Kier molecular flexibility index (Phi) is 6.48. The predicted molar refractivity (Wildman–Crippen MR) is 123 cm³/mol. The van der Waals surface area contributed by atoms with Crippen LogP contribution in [-0.2, 0) is 14.4 Å². The predicted octanol–water partition coefficient (Wildman–Crippen LogP) is 3.09. The maximum atomic E-state index is 13.0. The van der Waals surface area contributed by atoms with Crippen LogP contribution in [0, 0.1) is 18.8 Å². The van der Waals surface area contributed by atoms with Crippen molar-refractivity contribution in [2.75, 3.05) is 10.6 Å². The lowest BCUT2D eigenvalue weighted by Crippen LogP contribution is -2.72. The average molecular weight is 497 g/mol. The summed E-state index contributed by atoms with van der Waals surface area (Å²) in [4.78, 5) is 38.2. The normalized spacial score (nSPS) is 24.8. The van der Waals surface area contributed by atoms with Crippen molar-refractivity contribution in [2.24, 2.45) is 11.8 Å². The van der Waals surface area contributed by atoms with Gasteiger partial charge in [-0.25, -0.2) is 0 Å². The van der Waals surface area contributed by atoms with Crippen LogP contribution in [0.3, 0.4) is 0 Å². The standard InChI is InChI=1S/C21H20Cl3N5O3/c1-9-2-4-11(7-13(9)23)25-19(31)12-8-16(30)27-18-17(12)20(32)29-21(28-18)26-15-5-3-10(22)6-14(15)24/h2-7,12,17-18,21,26,28H,8H2,1H3,(H,25,31)(H,27,30)(H,29,32). The zero-order chi connectivity index (χ0) is 23.0. The SMILES string of the molecule is Cc1ccc(NC(=O)C2CC(=O)NC3NC(Nc4ccc(Cl)cc4Cl)NC(=O)C32)cc1Cl. The van der Waals surface area contributed by atoms with Gasteiger partial charge in [-0.3, -0.25) is 19.7 Å². The number of piperidine rings is 1. The lowest BCUT2D eigenvalue weighted by molar-refractivity contribution is -0.144. The largest absolute Gasteiger partial charge is 0.352 e. The third kappa shape index (κ3) is 4.78. The lowest BCUT2D eigenvalue weighted by Gasteiger charge is -2.43. The van der Waals surface area contributed by atoms with E-state index >= 15 is 0 Å². The van der Waals surface area contributed by atoms with E-state index in [-0.39, 0.29) is 18.2 Å². The number of amides is 3. The second-order valence-corrected chi connectivity index (χ2v) is 8.96. The summed E-state index contributed by atoms with van der Waals surface area (Å²) >= 11 is 18.2. The molecule has 2 aliphatic heterocycles. The van der Waals surface area contributed by atoms with E-state index in [1.54, 1.807) is 36.4 Å². The van der Waals surface area contributed by atoms with Crippen molar-refractivity contribution < 1.29 is 14.4 Å². The fourth-order valence-electron chi connectivity index (χ4n) is 3.82. The molecule has 0 bridgehead atoms. The van der Waals surface area contributed by atoms with Crippen molar-refractivity contribution in [3.8, 4) is 0 Å². The van der Waals surface area contributed by atoms with Gasteiger partial charge in [-0.05, 0) is 42.8 Å². The molecule has 2 aromatic rings. The summed E-state index contributed by atoms with van der Waals surface area (Å²) in [5.41, 5.74) is 1.91. The van der Waals surface area contributed by atoms with Gasteiger partial charge in [0.1, 0.15) is 0 Å². The molecule has 4 rings (SSSR count). The first kappa shape index (κ1) is 22.7. The number of carbonyl (C=O) groups excluding carboxylic acids is 3. The monoisotopic (exact) mass is 495 g/mol. The highest BCUT2D eigenvalue weighted by Crippen LogP contribution is 2.30. The van der Waals surface area contributed by atoms with E-state index in [2.05, 4.69) is 26.6 Å². The molecule has 11 heteroatoms. The Bertz CT molecular complexity index is 1100. The van der Waals surface area contributed by atoms with Gasteiger partial charge < -0.3 is 21.3 Å². The number of hydrogen-bond acceptors (Lipinski definition) is 5. The summed E-state index contributed by atoms with van der Waals surface area (Å²) in [7, 11) is 0. The minimum absolute atomic E-state index is 0.108. The highest BCUT2D eigenvalue weighted by atomic mass is 35.5. The van der Waals surface area contributed by atoms with Crippen LogP contribution in [0.2, 0.25) is 15.1 Å². The van der Waals surface area contributed by atoms with Crippen molar-refractivity contribution in [3.63, 3.8) is 0 Å². The maximum absolute atomic E-state index is 13.0. The van der Waals surface area contributed by atoms with Gasteiger partial charge in [-0.2, -0.15) is 0 Å². The number of anilines is 2. The van der Waals surface area contributed by atoms with E-state index in [0.29, 0.717) is 26.4 Å². The molecule has 32 heavy (non-hydrogen) atoms. The number of benzene rings is 2. The first-order valence-corrected chi connectivity index (χ1v) is 11.0.